The van der Waals surface area contributed by atoms with Crippen LogP contribution < -0.4 is 4.74 Å². The van der Waals surface area contributed by atoms with Gasteiger partial charge in [-0.15, -0.1) is 0 Å². The first-order chi connectivity index (χ1) is 12.6. The van der Waals surface area contributed by atoms with Gasteiger partial charge in [-0.25, -0.2) is 9.97 Å². The SMILES string of the molecule is CC[C@@](C)(N=[N+]=[N-])c1cc2cc(Cl)ncc2c(OC(C)CC(C)(C)SC)n1. The lowest BCUT2D eigenvalue weighted by Gasteiger charge is -2.27. The van der Waals surface area contributed by atoms with Crippen LogP contribution in [0.4, 0.5) is 0 Å². The third-order valence-corrected chi connectivity index (χ3v) is 6.28. The Morgan fingerprint density at radius 3 is 2.67 bits per heavy atom. The lowest BCUT2D eigenvalue weighted by molar-refractivity contribution is 0.193. The molecule has 0 aliphatic rings. The summed E-state index contributed by atoms with van der Waals surface area (Å²) in [5.41, 5.74) is 8.88. The van der Waals surface area contributed by atoms with Gasteiger partial charge in [0, 0.05) is 15.9 Å². The molecule has 0 saturated carbocycles. The number of hydrogen-bond acceptors (Lipinski definition) is 5. The molecule has 8 heteroatoms. The molecule has 146 valence electrons. The fourth-order valence-electron chi connectivity index (χ4n) is 2.87. The third-order valence-electron chi connectivity index (χ3n) is 4.80. The van der Waals surface area contributed by atoms with Crippen LogP contribution in [0.3, 0.4) is 0 Å². The van der Waals surface area contributed by atoms with Gasteiger partial charge in [0.15, 0.2) is 0 Å². The van der Waals surface area contributed by atoms with Crippen LogP contribution in [0.15, 0.2) is 23.4 Å². The van der Waals surface area contributed by atoms with E-state index in [0.717, 1.165) is 17.2 Å². The van der Waals surface area contributed by atoms with Gasteiger partial charge in [0.25, 0.3) is 0 Å². The Hall–Kier alpha value is -1.69. The van der Waals surface area contributed by atoms with Crippen molar-refractivity contribution in [2.24, 2.45) is 5.11 Å². The highest BCUT2D eigenvalue weighted by atomic mass is 35.5. The molecular formula is C19H26ClN5OS. The Bertz CT molecular complexity index is 869. The zero-order valence-corrected chi connectivity index (χ0v) is 18.2. The maximum Gasteiger partial charge on any atom is 0.223 e. The van der Waals surface area contributed by atoms with E-state index >= 15 is 0 Å². The van der Waals surface area contributed by atoms with E-state index < -0.39 is 5.54 Å². The summed E-state index contributed by atoms with van der Waals surface area (Å²) in [5, 5.41) is 6.02. The topological polar surface area (TPSA) is 83.8 Å². The minimum atomic E-state index is -0.765. The second-order valence-corrected chi connectivity index (χ2v) is 9.35. The highest BCUT2D eigenvalue weighted by Gasteiger charge is 2.28. The summed E-state index contributed by atoms with van der Waals surface area (Å²) in [6, 6.07) is 3.67. The van der Waals surface area contributed by atoms with Crippen molar-refractivity contribution in [1.82, 2.24) is 9.97 Å². The number of pyridine rings is 2. The maximum atomic E-state index is 8.99. The quantitative estimate of drug-likeness (QED) is 0.216. The number of ether oxygens (including phenoxy) is 1. The molecule has 0 aromatic carbocycles. The minimum Gasteiger partial charge on any atom is -0.474 e. The number of aromatic nitrogens is 2. The van der Waals surface area contributed by atoms with E-state index in [9.17, 15) is 0 Å². The fourth-order valence-corrected chi connectivity index (χ4v) is 3.43. The van der Waals surface area contributed by atoms with Crippen molar-refractivity contribution in [2.45, 2.75) is 63.9 Å². The molecule has 2 aromatic rings. The number of rotatable bonds is 8. The van der Waals surface area contributed by atoms with E-state index in [4.69, 9.17) is 26.9 Å². The molecule has 2 rings (SSSR count). The second-order valence-electron chi connectivity index (χ2n) is 7.45. The minimum absolute atomic E-state index is 0.0403. The van der Waals surface area contributed by atoms with Crippen molar-refractivity contribution in [2.75, 3.05) is 6.26 Å². The molecular weight excluding hydrogens is 382 g/mol. The highest BCUT2D eigenvalue weighted by molar-refractivity contribution is 7.99. The molecule has 27 heavy (non-hydrogen) atoms. The first-order valence-corrected chi connectivity index (χ1v) is 10.5. The van der Waals surface area contributed by atoms with Crippen LogP contribution >= 0.6 is 23.4 Å². The van der Waals surface area contributed by atoms with E-state index in [1.807, 2.05) is 26.8 Å². The van der Waals surface area contributed by atoms with Crippen molar-refractivity contribution in [3.8, 4) is 5.88 Å². The first-order valence-electron chi connectivity index (χ1n) is 8.89. The van der Waals surface area contributed by atoms with Gasteiger partial charge >= 0.3 is 0 Å². The molecule has 0 bridgehead atoms. The fraction of sp³-hybridized carbons (Fsp3) is 0.579. The molecule has 6 nitrogen and oxygen atoms in total. The summed E-state index contributed by atoms with van der Waals surface area (Å²) < 4.78 is 6.32. The predicted octanol–water partition coefficient (Wildman–Crippen LogP) is 6.52. The zero-order chi connectivity index (χ0) is 20.2. The number of nitrogens with zero attached hydrogens (tertiary/aromatic N) is 5. The van der Waals surface area contributed by atoms with Gasteiger partial charge in [-0.2, -0.15) is 11.8 Å². The summed E-state index contributed by atoms with van der Waals surface area (Å²) in [6.07, 6.45) is 5.21. The Kier molecular flexibility index (Phi) is 6.84. The van der Waals surface area contributed by atoms with Crippen LogP contribution in [-0.2, 0) is 5.54 Å². The van der Waals surface area contributed by atoms with E-state index in [0.29, 0.717) is 23.1 Å². The molecule has 0 aliphatic carbocycles. The Morgan fingerprint density at radius 2 is 2.07 bits per heavy atom. The molecule has 0 spiro atoms. The van der Waals surface area contributed by atoms with Crippen molar-refractivity contribution < 1.29 is 4.74 Å². The molecule has 2 aromatic heterocycles. The van der Waals surface area contributed by atoms with E-state index in [2.05, 4.69) is 35.1 Å². The normalized spacial score (nSPS) is 15.1. The van der Waals surface area contributed by atoms with E-state index in [1.165, 1.54) is 0 Å². The molecule has 0 radical (unpaired) electrons. The molecule has 2 atom stereocenters. The Morgan fingerprint density at radius 1 is 1.37 bits per heavy atom. The van der Waals surface area contributed by atoms with Crippen LogP contribution in [0.1, 0.15) is 53.2 Å². The van der Waals surface area contributed by atoms with Crippen LogP contribution in [0.2, 0.25) is 5.15 Å². The van der Waals surface area contributed by atoms with Gasteiger partial charge in [0.1, 0.15) is 5.15 Å². The number of halogens is 1. The van der Waals surface area contributed by atoms with Crippen LogP contribution in [0, 0.1) is 0 Å². The predicted molar refractivity (Wildman–Crippen MR) is 114 cm³/mol. The van der Waals surface area contributed by atoms with Gasteiger partial charge in [0.2, 0.25) is 5.88 Å². The number of fused-ring (bicyclic) bond motifs is 1. The molecule has 0 N–H and O–H groups in total. The van der Waals surface area contributed by atoms with E-state index in [1.54, 1.807) is 24.0 Å². The maximum absolute atomic E-state index is 8.99. The average Bonchev–Trinajstić information content (AvgIpc) is 2.60. The summed E-state index contributed by atoms with van der Waals surface area (Å²) in [4.78, 5) is 11.9. The monoisotopic (exact) mass is 407 g/mol. The standard InChI is InChI=1S/C19H26ClN5OS/c1-7-19(5,24-25-21)15-8-13-9-16(20)22-11-14(13)17(23-15)26-12(2)10-18(3,4)27-6/h8-9,11-12H,7,10H2,1-6H3/t12?,19-/m1/s1. The molecule has 0 fully saturated rings. The highest BCUT2D eigenvalue weighted by Crippen LogP contribution is 2.35. The second kappa shape index (κ2) is 8.55. The summed E-state index contributed by atoms with van der Waals surface area (Å²) in [6.45, 7) is 10.2. The van der Waals surface area contributed by atoms with Gasteiger partial charge in [0.05, 0.1) is 22.7 Å². The average molecular weight is 408 g/mol. The Labute approximate surface area is 169 Å². The molecule has 0 aliphatic heterocycles. The lowest BCUT2D eigenvalue weighted by Crippen LogP contribution is -2.26. The van der Waals surface area contributed by atoms with Gasteiger partial charge in [-0.1, -0.05) is 37.5 Å². The smallest absolute Gasteiger partial charge is 0.223 e. The van der Waals surface area contributed by atoms with Gasteiger partial charge in [-0.05, 0) is 56.0 Å². The van der Waals surface area contributed by atoms with Crippen LogP contribution in [0.5, 0.6) is 5.88 Å². The third kappa shape index (κ3) is 5.18. The zero-order valence-electron chi connectivity index (χ0n) is 16.7. The van der Waals surface area contributed by atoms with Crippen molar-refractivity contribution in [3.05, 3.63) is 39.6 Å². The number of hydrogen-bond donors (Lipinski definition) is 0. The van der Waals surface area contributed by atoms with Gasteiger partial charge in [-0.3, -0.25) is 0 Å². The molecule has 0 amide bonds. The summed E-state index contributed by atoms with van der Waals surface area (Å²) in [7, 11) is 0. The largest absolute Gasteiger partial charge is 0.474 e. The molecule has 1 unspecified atom stereocenters. The molecule has 2 heterocycles. The van der Waals surface area contributed by atoms with Crippen molar-refractivity contribution in [3.63, 3.8) is 0 Å². The van der Waals surface area contributed by atoms with E-state index in [-0.39, 0.29) is 10.9 Å². The number of thioether (sulfide) groups is 1. The van der Waals surface area contributed by atoms with Crippen LogP contribution in [-0.4, -0.2) is 27.1 Å². The van der Waals surface area contributed by atoms with Crippen molar-refractivity contribution >= 4 is 34.1 Å². The summed E-state index contributed by atoms with van der Waals surface area (Å²) >= 11 is 7.89. The van der Waals surface area contributed by atoms with Crippen molar-refractivity contribution in [1.29, 1.82) is 0 Å². The number of azide groups is 1. The van der Waals surface area contributed by atoms with Gasteiger partial charge < -0.3 is 4.74 Å². The molecule has 0 saturated heterocycles. The lowest BCUT2D eigenvalue weighted by atomic mass is 9.94. The van der Waals surface area contributed by atoms with Crippen LogP contribution in [0.25, 0.3) is 21.2 Å². The summed E-state index contributed by atoms with van der Waals surface area (Å²) in [5.74, 6) is 0.490. The first kappa shape index (κ1) is 21.6. The Balaban J connectivity index is 2.55.